The number of nitrogens with zero attached hydrogens (tertiary/aromatic N) is 2. The molecule has 1 heterocycles. The SMILES string of the molecule is CCCN1CCN(C(=S)Nc2cccc(Cl)c2C)CC1. The van der Waals surface area contributed by atoms with E-state index in [1.807, 2.05) is 25.1 Å². The summed E-state index contributed by atoms with van der Waals surface area (Å²) in [6.07, 6.45) is 1.21. The first-order chi connectivity index (χ1) is 9.61. The van der Waals surface area contributed by atoms with Crippen LogP contribution in [0.1, 0.15) is 18.9 Å². The minimum Gasteiger partial charge on any atom is -0.346 e. The molecule has 2 rings (SSSR count). The zero-order valence-electron chi connectivity index (χ0n) is 12.2. The van der Waals surface area contributed by atoms with Crippen LogP contribution in [0.3, 0.4) is 0 Å². The molecule has 1 aromatic rings. The van der Waals surface area contributed by atoms with Crippen LogP contribution in [0.2, 0.25) is 5.02 Å². The number of benzene rings is 1. The van der Waals surface area contributed by atoms with Crippen LogP contribution >= 0.6 is 23.8 Å². The van der Waals surface area contributed by atoms with Crippen molar-refractivity contribution in [3.05, 3.63) is 28.8 Å². The Balaban J connectivity index is 1.91. The first kappa shape index (κ1) is 15.5. The van der Waals surface area contributed by atoms with E-state index in [2.05, 4.69) is 22.0 Å². The van der Waals surface area contributed by atoms with E-state index in [9.17, 15) is 0 Å². The molecule has 1 N–H and O–H groups in total. The Kier molecular flexibility index (Phi) is 5.64. The fraction of sp³-hybridized carbons (Fsp3) is 0.533. The molecule has 0 aliphatic carbocycles. The summed E-state index contributed by atoms with van der Waals surface area (Å²) >= 11 is 11.6. The lowest BCUT2D eigenvalue weighted by Gasteiger charge is -2.36. The van der Waals surface area contributed by atoms with Gasteiger partial charge in [0.05, 0.1) is 0 Å². The van der Waals surface area contributed by atoms with Crippen molar-refractivity contribution >= 4 is 34.6 Å². The van der Waals surface area contributed by atoms with Crippen LogP contribution in [-0.4, -0.2) is 47.6 Å². The maximum Gasteiger partial charge on any atom is 0.173 e. The molecular formula is C15H22ClN3S. The van der Waals surface area contributed by atoms with Gasteiger partial charge in [0.1, 0.15) is 0 Å². The summed E-state index contributed by atoms with van der Waals surface area (Å²) in [7, 11) is 0. The lowest BCUT2D eigenvalue weighted by molar-refractivity contribution is 0.184. The van der Waals surface area contributed by atoms with E-state index in [-0.39, 0.29) is 0 Å². The molecule has 0 bridgehead atoms. The van der Waals surface area contributed by atoms with Crippen LogP contribution < -0.4 is 5.32 Å². The largest absolute Gasteiger partial charge is 0.346 e. The van der Waals surface area contributed by atoms with Gasteiger partial charge in [-0.15, -0.1) is 0 Å². The van der Waals surface area contributed by atoms with Gasteiger partial charge in [-0.1, -0.05) is 24.6 Å². The fourth-order valence-corrected chi connectivity index (χ4v) is 2.90. The van der Waals surface area contributed by atoms with Crippen LogP contribution in [0.25, 0.3) is 0 Å². The first-order valence-corrected chi connectivity index (χ1v) is 7.94. The van der Waals surface area contributed by atoms with Crippen molar-refractivity contribution in [1.29, 1.82) is 0 Å². The molecular weight excluding hydrogens is 290 g/mol. The Morgan fingerprint density at radius 3 is 2.65 bits per heavy atom. The number of piperazine rings is 1. The number of nitrogens with one attached hydrogen (secondary N) is 1. The molecule has 0 aromatic heterocycles. The number of thiocarbonyl (C=S) groups is 1. The van der Waals surface area contributed by atoms with E-state index in [0.29, 0.717) is 0 Å². The van der Waals surface area contributed by atoms with E-state index in [1.165, 1.54) is 13.0 Å². The maximum atomic E-state index is 6.13. The number of hydrogen-bond donors (Lipinski definition) is 1. The summed E-state index contributed by atoms with van der Waals surface area (Å²) in [5.41, 5.74) is 2.04. The normalized spacial score (nSPS) is 16.2. The third-order valence-corrected chi connectivity index (χ3v) is 4.48. The van der Waals surface area contributed by atoms with E-state index >= 15 is 0 Å². The molecule has 0 unspecified atom stereocenters. The monoisotopic (exact) mass is 311 g/mol. The predicted octanol–water partition coefficient (Wildman–Crippen LogP) is 3.37. The minimum absolute atomic E-state index is 0.769. The number of rotatable bonds is 3. The van der Waals surface area contributed by atoms with Crippen molar-refractivity contribution in [1.82, 2.24) is 9.80 Å². The average Bonchev–Trinajstić information content (AvgIpc) is 2.45. The lowest BCUT2D eigenvalue weighted by Crippen LogP contribution is -2.50. The predicted molar refractivity (Wildman–Crippen MR) is 90.7 cm³/mol. The molecule has 110 valence electrons. The Bertz CT molecular complexity index is 470. The molecule has 1 aromatic carbocycles. The maximum absolute atomic E-state index is 6.13. The van der Waals surface area contributed by atoms with E-state index < -0.39 is 0 Å². The highest BCUT2D eigenvalue weighted by Crippen LogP contribution is 2.23. The Labute approximate surface area is 131 Å². The first-order valence-electron chi connectivity index (χ1n) is 7.15. The zero-order valence-corrected chi connectivity index (χ0v) is 13.7. The summed E-state index contributed by atoms with van der Waals surface area (Å²) in [5.74, 6) is 0. The molecule has 3 nitrogen and oxygen atoms in total. The van der Waals surface area contributed by atoms with Crippen LogP contribution in [-0.2, 0) is 0 Å². The quantitative estimate of drug-likeness (QED) is 0.862. The molecule has 20 heavy (non-hydrogen) atoms. The summed E-state index contributed by atoms with van der Waals surface area (Å²) in [4.78, 5) is 4.73. The average molecular weight is 312 g/mol. The molecule has 5 heteroatoms. The zero-order chi connectivity index (χ0) is 14.5. The molecule has 0 amide bonds. The van der Waals surface area contributed by atoms with Crippen LogP contribution in [0.4, 0.5) is 5.69 Å². The molecule has 0 saturated carbocycles. The van der Waals surface area contributed by atoms with Crippen molar-refractivity contribution in [2.75, 3.05) is 38.0 Å². The summed E-state index contributed by atoms with van der Waals surface area (Å²) < 4.78 is 0. The van der Waals surface area contributed by atoms with Crippen molar-refractivity contribution < 1.29 is 0 Å². The molecule has 1 saturated heterocycles. The van der Waals surface area contributed by atoms with Gasteiger partial charge in [0.25, 0.3) is 0 Å². The summed E-state index contributed by atoms with van der Waals surface area (Å²) in [5, 5.41) is 4.89. The molecule has 1 aliphatic rings. The highest BCUT2D eigenvalue weighted by atomic mass is 35.5. The van der Waals surface area contributed by atoms with Crippen LogP contribution in [0, 0.1) is 6.92 Å². The van der Waals surface area contributed by atoms with Gasteiger partial charge in [0.15, 0.2) is 5.11 Å². The second-order valence-electron chi connectivity index (χ2n) is 5.17. The van der Waals surface area contributed by atoms with E-state index in [4.69, 9.17) is 23.8 Å². The fourth-order valence-electron chi connectivity index (χ4n) is 2.43. The lowest BCUT2D eigenvalue weighted by atomic mass is 10.2. The third kappa shape index (κ3) is 3.84. The van der Waals surface area contributed by atoms with Gasteiger partial charge in [-0.25, -0.2) is 0 Å². The topological polar surface area (TPSA) is 18.5 Å². The molecule has 0 atom stereocenters. The van der Waals surface area contributed by atoms with Crippen molar-refractivity contribution in [3.8, 4) is 0 Å². The number of hydrogen-bond acceptors (Lipinski definition) is 2. The van der Waals surface area contributed by atoms with Crippen molar-refractivity contribution in [3.63, 3.8) is 0 Å². The Morgan fingerprint density at radius 2 is 2.00 bits per heavy atom. The van der Waals surface area contributed by atoms with E-state index in [0.717, 1.165) is 47.6 Å². The van der Waals surface area contributed by atoms with Gasteiger partial charge in [-0.05, 0) is 49.8 Å². The van der Waals surface area contributed by atoms with Gasteiger partial charge in [0, 0.05) is 36.9 Å². The Hall–Kier alpha value is -0.840. The van der Waals surface area contributed by atoms with Gasteiger partial charge in [-0.3, -0.25) is 4.90 Å². The molecule has 0 spiro atoms. The summed E-state index contributed by atoms with van der Waals surface area (Å²) in [6, 6.07) is 5.86. The molecule has 1 fully saturated rings. The second kappa shape index (κ2) is 7.25. The van der Waals surface area contributed by atoms with Gasteiger partial charge in [-0.2, -0.15) is 0 Å². The van der Waals surface area contributed by atoms with Gasteiger partial charge in [0.2, 0.25) is 0 Å². The van der Waals surface area contributed by atoms with Crippen molar-refractivity contribution in [2.45, 2.75) is 20.3 Å². The Morgan fingerprint density at radius 1 is 1.30 bits per heavy atom. The van der Waals surface area contributed by atoms with Gasteiger partial charge < -0.3 is 10.2 Å². The van der Waals surface area contributed by atoms with Crippen LogP contribution in [0.5, 0.6) is 0 Å². The highest BCUT2D eigenvalue weighted by molar-refractivity contribution is 7.80. The standard InChI is InChI=1S/C15H22ClN3S/c1-3-7-18-8-10-19(11-9-18)15(20)17-14-6-4-5-13(16)12(14)2/h4-6H,3,7-11H2,1-2H3,(H,17,20). The number of anilines is 1. The summed E-state index contributed by atoms with van der Waals surface area (Å²) in [6.45, 7) is 9.57. The molecule has 1 aliphatic heterocycles. The molecule has 0 radical (unpaired) electrons. The van der Waals surface area contributed by atoms with E-state index in [1.54, 1.807) is 0 Å². The third-order valence-electron chi connectivity index (χ3n) is 3.71. The van der Waals surface area contributed by atoms with Crippen molar-refractivity contribution in [2.24, 2.45) is 0 Å². The number of halogens is 1. The minimum atomic E-state index is 0.769. The second-order valence-corrected chi connectivity index (χ2v) is 5.97. The van der Waals surface area contributed by atoms with Gasteiger partial charge >= 0.3 is 0 Å². The smallest absolute Gasteiger partial charge is 0.173 e. The highest BCUT2D eigenvalue weighted by Gasteiger charge is 2.18. The van der Waals surface area contributed by atoms with Crippen LogP contribution in [0.15, 0.2) is 18.2 Å².